The van der Waals surface area contributed by atoms with Crippen LogP contribution in [0.2, 0.25) is 0 Å². The van der Waals surface area contributed by atoms with Crippen molar-refractivity contribution >= 4 is 34.6 Å². The molecule has 3 rings (SSSR count). The number of para-hydroxylation sites is 1. The highest BCUT2D eigenvalue weighted by molar-refractivity contribution is 7.80. The second kappa shape index (κ2) is 9.06. The highest BCUT2D eigenvalue weighted by Gasteiger charge is 2.24. The first-order valence-electron chi connectivity index (χ1n) is 9.67. The number of carbonyl (C=O) groups excluding carboxylic acids is 1. The number of nitrogens with one attached hydrogen (secondary N) is 2. The number of amides is 1. The molecule has 0 fully saturated rings. The van der Waals surface area contributed by atoms with Crippen LogP contribution in [0, 0.1) is 0 Å². The number of anilines is 2. The molecule has 0 bridgehead atoms. The topological polar surface area (TPSA) is 47.6 Å². The number of rotatable bonds is 6. The first-order valence-corrected chi connectivity index (χ1v) is 10.1. The number of hydrogen-bond acceptors (Lipinski definition) is 3. The quantitative estimate of drug-likeness (QED) is 0.578. The zero-order chi connectivity index (χ0) is 20.1. The molecule has 2 N–H and O–H groups in total. The van der Waals surface area contributed by atoms with Gasteiger partial charge in [-0.3, -0.25) is 4.79 Å². The van der Waals surface area contributed by atoms with Crippen molar-refractivity contribution in [3.8, 4) is 0 Å². The highest BCUT2D eigenvalue weighted by Crippen LogP contribution is 2.31. The van der Waals surface area contributed by atoms with Gasteiger partial charge in [-0.2, -0.15) is 0 Å². The maximum atomic E-state index is 11.9. The highest BCUT2D eigenvalue weighted by atomic mass is 32.1. The zero-order valence-corrected chi connectivity index (χ0v) is 17.6. The molecule has 0 saturated carbocycles. The van der Waals surface area contributed by atoms with Gasteiger partial charge in [-0.1, -0.05) is 18.2 Å². The van der Waals surface area contributed by atoms with Gasteiger partial charge < -0.3 is 20.4 Å². The van der Waals surface area contributed by atoms with Gasteiger partial charge in [0.05, 0.1) is 0 Å². The summed E-state index contributed by atoms with van der Waals surface area (Å²) in [6, 6.07) is 16.6. The molecule has 1 heterocycles. The second-order valence-corrected chi connectivity index (χ2v) is 7.79. The molecule has 0 aromatic heterocycles. The van der Waals surface area contributed by atoms with Crippen molar-refractivity contribution in [3.63, 3.8) is 0 Å². The Morgan fingerprint density at radius 3 is 2.61 bits per heavy atom. The first kappa shape index (κ1) is 20.1. The Kier molecular flexibility index (Phi) is 6.52. The van der Waals surface area contributed by atoms with Crippen LogP contribution in [0.4, 0.5) is 11.4 Å². The van der Waals surface area contributed by atoms with Gasteiger partial charge in [-0.05, 0) is 67.9 Å². The van der Waals surface area contributed by atoms with Gasteiger partial charge in [0, 0.05) is 50.2 Å². The van der Waals surface area contributed by atoms with E-state index >= 15 is 0 Å². The SMILES string of the molecule is CC1Cc2ccccc2N1CCCNC(=S)Nc1ccc(C(=O)N(C)C)cc1. The van der Waals surface area contributed by atoms with Crippen LogP contribution in [-0.2, 0) is 6.42 Å². The molecule has 1 amide bonds. The van der Waals surface area contributed by atoms with E-state index in [1.165, 1.54) is 11.3 Å². The summed E-state index contributed by atoms with van der Waals surface area (Å²) >= 11 is 5.39. The van der Waals surface area contributed by atoms with Crippen LogP contribution in [0.25, 0.3) is 0 Å². The lowest BCUT2D eigenvalue weighted by Gasteiger charge is -2.25. The maximum Gasteiger partial charge on any atom is 0.253 e. The lowest BCUT2D eigenvalue weighted by Crippen LogP contribution is -2.34. The number of benzene rings is 2. The summed E-state index contributed by atoms with van der Waals surface area (Å²) in [4.78, 5) is 16.0. The van der Waals surface area contributed by atoms with Crippen molar-refractivity contribution < 1.29 is 4.79 Å². The number of fused-ring (bicyclic) bond motifs is 1. The van der Waals surface area contributed by atoms with Crippen LogP contribution >= 0.6 is 12.2 Å². The zero-order valence-electron chi connectivity index (χ0n) is 16.7. The average molecular weight is 397 g/mol. The molecule has 0 radical (unpaired) electrons. The van der Waals surface area contributed by atoms with Crippen molar-refractivity contribution in [3.05, 3.63) is 59.7 Å². The third-order valence-electron chi connectivity index (χ3n) is 5.01. The smallest absolute Gasteiger partial charge is 0.253 e. The lowest BCUT2D eigenvalue weighted by molar-refractivity contribution is 0.0827. The molecule has 1 atom stereocenters. The van der Waals surface area contributed by atoms with Crippen LogP contribution < -0.4 is 15.5 Å². The lowest BCUT2D eigenvalue weighted by atomic mass is 10.1. The van der Waals surface area contributed by atoms with Crippen molar-refractivity contribution in [2.24, 2.45) is 0 Å². The fourth-order valence-corrected chi connectivity index (χ4v) is 3.77. The molecule has 0 spiro atoms. The molecule has 1 aliphatic rings. The molecular formula is C22H28N4OS. The molecule has 5 nitrogen and oxygen atoms in total. The van der Waals surface area contributed by atoms with Crippen molar-refractivity contribution in [2.75, 3.05) is 37.4 Å². The van der Waals surface area contributed by atoms with E-state index in [-0.39, 0.29) is 5.91 Å². The molecule has 1 aliphatic heterocycles. The summed E-state index contributed by atoms with van der Waals surface area (Å²) in [5, 5.41) is 7.04. The maximum absolute atomic E-state index is 11.9. The Morgan fingerprint density at radius 2 is 1.89 bits per heavy atom. The van der Waals surface area contributed by atoms with Gasteiger partial charge in [0.25, 0.3) is 5.91 Å². The fourth-order valence-electron chi connectivity index (χ4n) is 3.55. The minimum atomic E-state index is -0.00929. The monoisotopic (exact) mass is 396 g/mol. The van der Waals surface area contributed by atoms with Crippen LogP contribution in [-0.4, -0.2) is 49.1 Å². The number of thiocarbonyl (C=S) groups is 1. The van der Waals surface area contributed by atoms with Gasteiger partial charge in [0.15, 0.2) is 5.11 Å². The number of hydrogen-bond donors (Lipinski definition) is 2. The molecule has 2 aromatic rings. The number of nitrogens with zero attached hydrogens (tertiary/aromatic N) is 2. The van der Waals surface area contributed by atoms with Gasteiger partial charge in [0.1, 0.15) is 0 Å². The Bertz CT molecular complexity index is 835. The van der Waals surface area contributed by atoms with E-state index in [4.69, 9.17) is 12.2 Å². The van der Waals surface area contributed by atoms with E-state index in [0.717, 1.165) is 31.6 Å². The van der Waals surface area contributed by atoms with E-state index in [9.17, 15) is 4.79 Å². The largest absolute Gasteiger partial charge is 0.368 e. The Labute approximate surface area is 172 Å². The molecule has 6 heteroatoms. The molecule has 0 aliphatic carbocycles. The molecule has 28 heavy (non-hydrogen) atoms. The van der Waals surface area contributed by atoms with Gasteiger partial charge in [-0.15, -0.1) is 0 Å². The minimum absolute atomic E-state index is 0.00929. The van der Waals surface area contributed by atoms with Crippen molar-refractivity contribution in [2.45, 2.75) is 25.8 Å². The third-order valence-corrected chi connectivity index (χ3v) is 5.25. The van der Waals surface area contributed by atoms with E-state index in [1.807, 2.05) is 12.1 Å². The summed E-state index contributed by atoms with van der Waals surface area (Å²) in [6.45, 7) is 4.11. The van der Waals surface area contributed by atoms with E-state index < -0.39 is 0 Å². The summed E-state index contributed by atoms with van der Waals surface area (Å²) in [7, 11) is 3.49. The van der Waals surface area contributed by atoms with Crippen LogP contribution in [0.1, 0.15) is 29.3 Å². The van der Waals surface area contributed by atoms with Crippen LogP contribution in [0.3, 0.4) is 0 Å². The average Bonchev–Trinajstić information content (AvgIpc) is 3.00. The van der Waals surface area contributed by atoms with Crippen molar-refractivity contribution in [1.82, 2.24) is 10.2 Å². The molecule has 0 saturated heterocycles. The predicted octanol–water partition coefficient (Wildman–Crippen LogP) is 3.52. The predicted molar refractivity (Wildman–Crippen MR) is 120 cm³/mol. The summed E-state index contributed by atoms with van der Waals surface area (Å²) in [6.07, 6.45) is 2.13. The van der Waals surface area contributed by atoms with E-state index in [2.05, 4.69) is 46.7 Å². The second-order valence-electron chi connectivity index (χ2n) is 7.39. The van der Waals surface area contributed by atoms with Crippen LogP contribution in [0.5, 0.6) is 0 Å². The fraction of sp³-hybridized carbons (Fsp3) is 0.364. The standard InChI is InChI=1S/C22H28N4OS/c1-16-15-18-7-4-5-8-20(18)26(16)14-6-13-23-22(28)24-19-11-9-17(10-12-19)21(27)25(2)3/h4-5,7-12,16H,6,13-15H2,1-3H3,(H2,23,24,28). The Balaban J connectivity index is 1.42. The summed E-state index contributed by atoms with van der Waals surface area (Å²) in [5.74, 6) is -0.00929. The molecule has 148 valence electrons. The van der Waals surface area contributed by atoms with Crippen LogP contribution in [0.15, 0.2) is 48.5 Å². The summed E-state index contributed by atoms with van der Waals surface area (Å²) < 4.78 is 0. The molecule has 1 unspecified atom stereocenters. The van der Waals surface area contributed by atoms with E-state index in [0.29, 0.717) is 16.7 Å². The van der Waals surface area contributed by atoms with Gasteiger partial charge >= 0.3 is 0 Å². The molecular weight excluding hydrogens is 368 g/mol. The van der Waals surface area contributed by atoms with Gasteiger partial charge in [-0.25, -0.2) is 0 Å². The Hall–Kier alpha value is -2.60. The first-order chi connectivity index (χ1) is 13.5. The van der Waals surface area contributed by atoms with Gasteiger partial charge in [0.2, 0.25) is 0 Å². The Morgan fingerprint density at radius 1 is 1.18 bits per heavy atom. The van der Waals surface area contributed by atoms with E-state index in [1.54, 1.807) is 31.1 Å². The summed E-state index contributed by atoms with van der Waals surface area (Å²) in [5.41, 5.74) is 4.34. The third kappa shape index (κ3) is 4.81. The minimum Gasteiger partial charge on any atom is -0.368 e. The number of carbonyl (C=O) groups is 1. The normalized spacial score (nSPS) is 15.1. The molecule has 2 aromatic carbocycles. The van der Waals surface area contributed by atoms with Crippen molar-refractivity contribution in [1.29, 1.82) is 0 Å².